The summed E-state index contributed by atoms with van der Waals surface area (Å²) in [6.07, 6.45) is 4.73. The molecule has 1 fully saturated rings. The molecule has 1 aromatic heterocycles. The lowest BCUT2D eigenvalue weighted by Gasteiger charge is -2.29. The molecule has 0 aliphatic heterocycles. The summed E-state index contributed by atoms with van der Waals surface area (Å²) in [6.45, 7) is 2.23. The van der Waals surface area contributed by atoms with Gasteiger partial charge in [0.15, 0.2) is 5.76 Å². The zero-order valence-electron chi connectivity index (χ0n) is 16.6. The molecule has 0 unspecified atom stereocenters. The average Bonchev–Trinajstić information content (AvgIpc) is 3.20. The standard InChI is InChI=1S/C24H26N2O2S/c1-17-10-8-9-15-20(17)25-21(27)16-29-24-26-22(18-11-4-2-5-12-18)23(28-24)19-13-6-3-7-14-19/h2-7,11-14,17,20H,8-10,15-16H2,1H3,(H,25,27)/t17-,20-/m0/s1. The number of hydrogen-bond donors (Lipinski definition) is 1. The Balaban J connectivity index is 1.49. The molecule has 1 aliphatic rings. The van der Waals surface area contributed by atoms with E-state index in [-0.39, 0.29) is 5.91 Å². The van der Waals surface area contributed by atoms with E-state index in [9.17, 15) is 4.79 Å². The molecule has 0 bridgehead atoms. The van der Waals surface area contributed by atoms with Gasteiger partial charge in [-0.1, -0.05) is 92.2 Å². The van der Waals surface area contributed by atoms with E-state index >= 15 is 0 Å². The van der Waals surface area contributed by atoms with E-state index in [4.69, 9.17) is 9.40 Å². The highest BCUT2D eigenvalue weighted by atomic mass is 32.2. The number of thioether (sulfide) groups is 1. The van der Waals surface area contributed by atoms with Crippen molar-refractivity contribution in [1.29, 1.82) is 0 Å². The van der Waals surface area contributed by atoms with Gasteiger partial charge in [0.25, 0.3) is 5.22 Å². The predicted molar refractivity (Wildman–Crippen MR) is 118 cm³/mol. The van der Waals surface area contributed by atoms with Crippen LogP contribution in [0.1, 0.15) is 32.6 Å². The summed E-state index contributed by atoms with van der Waals surface area (Å²) in [5.74, 6) is 1.65. The van der Waals surface area contributed by atoms with Crippen LogP contribution < -0.4 is 5.32 Å². The first-order valence-corrected chi connectivity index (χ1v) is 11.2. The second kappa shape index (κ2) is 9.31. The summed E-state index contributed by atoms with van der Waals surface area (Å²) in [5.41, 5.74) is 2.79. The Labute approximate surface area is 176 Å². The van der Waals surface area contributed by atoms with Gasteiger partial charge in [0, 0.05) is 17.2 Å². The number of hydrogen-bond acceptors (Lipinski definition) is 4. The maximum absolute atomic E-state index is 12.5. The number of aromatic nitrogens is 1. The maximum Gasteiger partial charge on any atom is 0.257 e. The van der Waals surface area contributed by atoms with Gasteiger partial charge in [-0.25, -0.2) is 4.98 Å². The first-order valence-electron chi connectivity index (χ1n) is 10.2. The first kappa shape index (κ1) is 19.8. The monoisotopic (exact) mass is 406 g/mol. The van der Waals surface area contributed by atoms with Gasteiger partial charge in [0.2, 0.25) is 5.91 Å². The molecule has 1 amide bonds. The second-order valence-electron chi connectivity index (χ2n) is 7.61. The molecule has 1 aliphatic carbocycles. The number of nitrogens with zero attached hydrogens (tertiary/aromatic N) is 1. The lowest BCUT2D eigenvalue weighted by Crippen LogP contribution is -2.41. The molecule has 3 aromatic rings. The molecule has 150 valence electrons. The molecular formula is C24H26N2O2S. The molecule has 2 aromatic carbocycles. The molecule has 1 saturated carbocycles. The van der Waals surface area contributed by atoms with Gasteiger partial charge in [0.05, 0.1) is 5.75 Å². The number of benzene rings is 2. The van der Waals surface area contributed by atoms with Gasteiger partial charge in [-0.05, 0) is 18.8 Å². The van der Waals surface area contributed by atoms with Crippen LogP contribution in [0.25, 0.3) is 22.6 Å². The molecular weight excluding hydrogens is 380 g/mol. The molecule has 0 saturated heterocycles. The van der Waals surface area contributed by atoms with Crippen molar-refractivity contribution in [1.82, 2.24) is 10.3 Å². The highest BCUT2D eigenvalue weighted by molar-refractivity contribution is 7.99. The second-order valence-corrected chi connectivity index (χ2v) is 8.54. The van der Waals surface area contributed by atoms with Crippen LogP contribution in [0.4, 0.5) is 0 Å². The summed E-state index contributed by atoms with van der Waals surface area (Å²) in [6, 6.07) is 20.3. The van der Waals surface area contributed by atoms with Crippen molar-refractivity contribution in [3.05, 3.63) is 60.7 Å². The van der Waals surface area contributed by atoms with Gasteiger partial charge >= 0.3 is 0 Å². The average molecular weight is 407 g/mol. The van der Waals surface area contributed by atoms with E-state index in [0.29, 0.717) is 22.9 Å². The quantitative estimate of drug-likeness (QED) is 0.526. The van der Waals surface area contributed by atoms with E-state index in [1.807, 2.05) is 60.7 Å². The van der Waals surface area contributed by atoms with Crippen molar-refractivity contribution in [3.63, 3.8) is 0 Å². The van der Waals surface area contributed by atoms with Crippen LogP contribution in [0, 0.1) is 5.92 Å². The van der Waals surface area contributed by atoms with E-state index < -0.39 is 0 Å². The predicted octanol–water partition coefficient (Wildman–Crippen LogP) is 5.80. The summed E-state index contributed by atoms with van der Waals surface area (Å²) in [4.78, 5) is 17.2. The fraction of sp³-hybridized carbons (Fsp3) is 0.333. The zero-order valence-corrected chi connectivity index (χ0v) is 17.5. The number of nitrogens with one attached hydrogen (secondary N) is 1. The molecule has 4 nitrogen and oxygen atoms in total. The third-order valence-electron chi connectivity index (χ3n) is 5.48. The lowest BCUT2D eigenvalue weighted by molar-refractivity contribution is -0.119. The number of rotatable bonds is 6. The summed E-state index contributed by atoms with van der Waals surface area (Å²) in [5, 5.41) is 3.72. The fourth-order valence-corrected chi connectivity index (χ4v) is 4.48. The van der Waals surface area contributed by atoms with Crippen LogP contribution in [-0.4, -0.2) is 22.7 Å². The summed E-state index contributed by atoms with van der Waals surface area (Å²) in [7, 11) is 0. The van der Waals surface area contributed by atoms with Crippen molar-refractivity contribution < 1.29 is 9.21 Å². The van der Waals surface area contributed by atoms with Crippen LogP contribution in [0.2, 0.25) is 0 Å². The van der Waals surface area contributed by atoms with Crippen molar-refractivity contribution in [2.45, 2.75) is 43.9 Å². The van der Waals surface area contributed by atoms with E-state index in [1.54, 1.807) is 0 Å². The molecule has 2 atom stereocenters. The molecule has 5 heteroatoms. The zero-order chi connectivity index (χ0) is 20.1. The number of oxazole rings is 1. The van der Waals surface area contributed by atoms with Gasteiger partial charge in [0.1, 0.15) is 5.69 Å². The summed E-state index contributed by atoms with van der Waals surface area (Å²) >= 11 is 1.35. The highest BCUT2D eigenvalue weighted by Gasteiger charge is 2.23. The minimum Gasteiger partial charge on any atom is -0.431 e. The van der Waals surface area contributed by atoms with Crippen LogP contribution in [0.15, 0.2) is 70.3 Å². The van der Waals surface area contributed by atoms with Gasteiger partial charge in [-0.3, -0.25) is 4.79 Å². The molecule has 1 N–H and O–H groups in total. The number of amides is 1. The molecule has 0 radical (unpaired) electrons. The minimum absolute atomic E-state index is 0.0504. The Morgan fingerprint density at radius 2 is 1.69 bits per heavy atom. The largest absolute Gasteiger partial charge is 0.431 e. The van der Waals surface area contributed by atoms with Crippen molar-refractivity contribution in [2.24, 2.45) is 5.92 Å². The van der Waals surface area contributed by atoms with E-state index in [0.717, 1.165) is 29.0 Å². The van der Waals surface area contributed by atoms with Crippen LogP contribution in [0.3, 0.4) is 0 Å². The molecule has 4 rings (SSSR count). The minimum atomic E-state index is 0.0504. The highest BCUT2D eigenvalue weighted by Crippen LogP contribution is 2.35. The van der Waals surface area contributed by atoms with Crippen molar-refractivity contribution in [3.8, 4) is 22.6 Å². The smallest absolute Gasteiger partial charge is 0.257 e. The Hall–Kier alpha value is -2.53. The third kappa shape index (κ3) is 4.91. The topological polar surface area (TPSA) is 55.1 Å². The Bertz CT molecular complexity index is 883. The van der Waals surface area contributed by atoms with E-state index in [1.165, 1.54) is 31.0 Å². The Morgan fingerprint density at radius 3 is 2.38 bits per heavy atom. The SMILES string of the molecule is C[C@H]1CCCC[C@@H]1NC(=O)CSc1nc(-c2ccccc2)c(-c2ccccc2)o1. The lowest BCUT2D eigenvalue weighted by atomic mass is 9.86. The maximum atomic E-state index is 12.5. The van der Waals surface area contributed by atoms with Gasteiger partial charge in [-0.2, -0.15) is 0 Å². The van der Waals surface area contributed by atoms with Crippen LogP contribution in [-0.2, 0) is 4.79 Å². The normalized spacial score (nSPS) is 19.1. The van der Waals surface area contributed by atoms with Crippen LogP contribution in [0.5, 0.6) is 0 Å². The van der Waals surface area contributed by atoms with Gasteiger partial charge < -0.3 is 9.73 Å². The van der Waals surface area contributed by atoms with Crippen molar-refractivity contribution >= 4 is 17.7 Å². The molecule has 1 heterocycles. The fourth-order valence-electron chi connectivity index (χ4n) is 3.85. The summed E-state index contributed by atoms with van der Waals surface area (Å²) < 4.78 is 6.09. The first-order chi connectivity index (χ1) is 14.2. The molecule has 29 heavy (non-hydrogen) atoms. The van der Waals surface area contributed by atoms with Gasteiger partial charge in [-0.15, -0.1) is 0 Å². The third-order valence-corrected chi connectivity index (χ3v) is 6.30. The number of carbonyl (C=O) groups is 1. The molecule has 0 spiro atoms. The van der Waals surface area contributed by atoms with Crippen LogP contribution >= 0.6 is 11.8 Å². The number of carbonyl (C=O) groups excluding carboxylic acids is 1. The Kier molecular flexibility index (Phi) is 6.35. The van der Waals surface area contributed by atoms with E-state index in [2.05, 4.69) is 12.2 Å². The van der Waals surface area contributed by atoms with Crippen molar-refractivity contribution in [2.75, 3.05) is 5.75 Å². The Morgan fingerprint density at radius 1 is 1.03 bits per heavy atom.